The molecule has 1 heterocycles. The lowest BCUT2D eigenvalue weighted by atomic mass is 10.9. The zero-order chi connectivity index (χ0) is 9.35. The summed E-state index contributed by atoms with van der Waals surface area (Å²) in [7, 11) is -1.61. The van der Waals surface area contributed by atoms with E-state index in [1.165, 1.54) is 19.4 Å². The first-order valence-corrected chi connectivity index (χ1v) is 5.41. The van der Waals surface area contributed by atoms with Gasteiger partial charge in [0.1, 0.15) is 4.58 Å². The summed E-state index contributed by atoms with van der Waals surface area (Å²) < 4.78 is 23.7. The van der Waals surface area contributed by atoms with Gasteiger partial charge in [-0.25, -0.2) is 13.4 Å². The average molecular weight is 206 g/mol. The van der Waals surface area contributed by atoms with Gasteiger partial charge < -0.3 is 4.57 Å². The molecule has 12 heavy (non-hydrogen) atoms. The number of aryl methyl sites for hydroxylation is 1. The summed E-state index contributed by atoms with van der Waals surface area (Å²) in [6.07, 6.45) is 2.91. The summed E-state index contributed by atoms with van der Waals surface area (Å²) in [5.41, 5.74) is 0. The SMILES string of the molecule is CC(S)S(=O)(=O)c1cn(C)cn1. The van der Waals surface area contributed by atoms with Gasteiger partial charge in [-0.1, -0.05) is 0 Å². The predicted octanol–water partition coefficient (Wildman–Crippen LogP) is 0.470. The van der Waals surface area contributed by atoms with Crippen LogP contribution >= 0.6 is 12.6 Å². The van der Waals surface area contributed by atoms with Crippen LogP contribution < -0.4 is 0 Å². The van der Waals surface area contributed by atoms with Gasteiger partial charge in [-0.3, -0.25) is 0 Å². The van der Waals surface area contributed by atoms with Crippen LogP contribution in [0.2, 0.25) is 0 Å². The third-order valence-corrected chi connectivity index (χ3v) is 3.95. The highest BCUT2D eigenvalue weighted by Gasteiger charge is 2.21. The molecule has 0 amide bonds. The molecule has 0 radical (unpaired) electrons. The predicted molar refractivity (Wildman–Crippen MR) is 48.8 cm³/mol. The fraction of sp³-hybridized carbons (Fsp3) is 0.500. The topological polar surface area (TPSA) is 52.0 Å². The molecule has 68 valence electrons. The number of sulfone groups is 1. The van der Waals surface area contributed by atoms with Crippen molar-refractivity contribution in [2.45, 2.75) is 16.5 Å². The molecule has 0 saturated carbocycles. The van der Waals surface area contributed by atoms with E-state index in [1.807, 2.05) is 0 Å². The summed E-state index contributed by atoms with van der Waals surface area (Å²) in [6, 6.07) is 0. The van der Waals surface area contributed by atoms with Gasteiger partial charge in [0, 0.05) is 13.2 Å². The van der Waals surface area contributed by atoms with E-state index in [9.17, 15) is 8.42 Å². The Bertz CT molecular complexity index is 367. The molecule has 0 aliphatic carbocycles. The minimum atomic E-state index is -3.32. The summed E-state index contributed by atoms with van der Waals surface area (Å²) in [5, 5.41) is 0.0764. The lowest BCUT2D eigenvalue weighted by molar-refractivity contribution is 0.592. The first kappa shape index (κ1) is 9.60. The second-order valence-electron chi connectivity index (χ2n) is 2.52. The van der Waals surface area contributed by atoms with Crippen molar-refractivity contribution >= 4 is 22.5 Å². The average Bonchev–Trinajstić information content (AvgIpc) is 2.35. The van der Waals surface area contributed by atoms with Gasteiger partial charge in [0.2, 0.25) is 9.84 Å². The summed E-state index contributed by atoms with van der Waals surface area (Å²) >= 11 is 3.86. The van der Waals surface area contributed by atoms with Crippen molar-refractivity contribution in [3.63, 3.8) is 0 Å². The molecule has 0 fully saturated rings. The Morgan fingerprint density at radius 3 is 2.58 bits per heavy atom. The van der Waals surface area contributed by atoms with Crippen molar-refractivity contribution in [2.75, 3.05) is 0 Å². The first-order valence-electron chi connectivity index (χ1n) is 3.34. The smallest absolute Gasteiger partial charge is 0.208 e. The molecular weight excluding hydrogens is 196 g/mol. The van der Waals surface area contributed by atoms with Crippen LogP contribution in [-0.2, 0) is 16.9 Å². The molecule has 0 N–H and O–H groups in total. The third kappa shape index (κ3) is 1.64. The molecule has 1 rings (SSSR count). The monoisotopic (exact) mass is 206 g/mol. The van der Waals surface area contributed by atoms with E-state index >= 15 is 0 Å². The molecule has 0 aliphatic rings. The lowest BCUT2D eigenvalue weighted by Crippen LogP contribution is -2.11. The number of hydrogen-bond acceptors (Lipinski definition) is 4. The van der Waals surface area contributed by atoms with Gasteiger partial charge in [0.25, 0.3) is 0 Å². The molecule has 0 bridgehead atoms. The van der Waals surface area contributed by atoms with Crippen LogP contribution in [0.4, 0.5) is 0 Å². The van der Waals surface area contributed by atoms with Gasteiger partial charge in [-0.05, 0) is 6.92 Å². The molecule has 4 nitrogen and oxygen atoms in total. The van der Waals surface area contributed by atoms with Gasteiger partial charge in [-0.15, -0.1) is 0 Å². The van der Waals surface area contributed by atoms with Crippen LogP contribution in [0.3, 0.4) is 0 Å². The Balaban J connectivity index is 3.15. The highest BCUT2D eigenvalue weighted by Crippen LogP contribution is 2.14. The van der Waals surface area contributed by atoms with Crippen LogP contribution in [0.1, 0.15) is 6.92 Å². The molecule has 0 spiro atoms. The van der Waals surface area contributed by atoms with Gasteiger partial charge >= 0.3 is 0 Å². The van der Waals surface area contributed by atoms with Crippen molar-refractivity contribution in [3.05, 3.63) is 12.5 Å². The second kappa shape index (κ2) is 3.10. The summed E-state index contributed by atoms with van der Waals surface area (Å²) in [5.74, 6) is 0. The standard InChI is InChI=1S/C6H10N2O2S2/c1-5(11)12(9,10)6-3-8(2)4-7-6/h3-5,11H,1-2H3. The largest absolute Gasteiger partial charge is 0.339 e. The minimum Gasteiger partial charge on any atom is -0.339 e. The van der Waals surface area contributed by atoms with E-state index in [0.29, 0.717) is 0 Å². The fourth-order valence-corrected chi connectivity index (χ4v) is 1.89. The van der Waals surface area contributed by atoms with Crippen molar-refractivity contribution in [1.29, 1.82) is 0 Å². The molecule has 1 unspecified atom stereocenters. The van der Waals surface area contributed by atoms with E-state index in [0.717, 1.165) is 0 Å². The van der Waals surface area contributed by atoms with Crippen LogP contribution in [0.15, 0.2) is 17.6 Å². The van der Waals surface area contributed by atoms with Crippen molar-refractivity contribution in [3.8, 4) is 0 Å². The minimum absolute atomic E-state index is 0.0764. The Morgan fingerprint density at radius 1 is 1.67 bits per heavy atom. The molecule has 1 aromatic heterocycles. The maximum atomic E-state index is 11.4. The molecular formula is C6H10N2O2S2. The Kier molecular flexibility index (Phi) is 2.48. The van der Waals surface area contributed by atoms with Crippen LogP contribution in [0.5, 0.6) is 0 Å². The third-order valence-electron chi connectivity index (χ3n) is 1.42. The molecule has 1 aromatic rings. The van der Waals surface area contributed by atoms with Gasteiger partial charge in [0.15, 0.2) is 5.03 Å². The first-order chi connectivity index (χ1) is 5.44. The summed E-state index contributed by atoms with van der Waals surface area (Å²) in [6.45, 7) is 1.51. The molecule has 0 aliphatic heterocycles. The van der Waals surface area contributed by atoms with E-state index in [1.54, 1.807) is 11.6 Å². The quantitative estimate of drug-likeness (QED) is 0.716. The molecule has 1 atom stereocenters. The van der Waals surface area contributed by atoms with Crippen molar-refractivity contribution in [1.82, 2.24) is 9.55 Å². The number of thiol groups is 1. The Morgan fingerprint density at radius 2 is 2.25 bits per heavy atom. The highest BCUT2D eigenvalue weighted by molar-refractivity contribution is 8.04. The number of nitrogens with zero attached hydrogens (tertiary/aromatic N) is 2. The Labute approximate surface area is 76.9 Å². The van der Waals surface area contributed by atoms with Gasteiger partial charge in [-0.2, -0.15) is 12.6 Å². The number of rotatable bonds is 2. The normalized spacial score (nSPS) is 14.6. The maximum Gasteiger partial charge on any atom is 0.208 e. The second-order valence-corrected chi connectivity index (χ2v) is 5.86. The van der Waals surface area contributed by atoms with E-state index in [-0.39, 0.29) is 5.03 Å². The number of hydrogen-bond donors (Lipinski definition) is 1. The maximum absolute atomic E-state index is 11.4. The van der Waals surface area contributed by atoms with Crippen LogP contribution in [0.25, 0.3) is 0 Å². The number of aromatic nitrogens is 2. The Hall–Kier alpha value is -0.490. The van der Waals surface area contributed by atoms with Crippen molar-refractivity contribution in [2.24, 2.45) is 7.05 Å². The zero-order valence-electron chi connectivity index (χ0n) is 6.80. The summed E-state index contributed by atoms with van der Waals surface area (Å²) in [4.78, 5) is 3.73. The lowest BCUT2D eigenvalue weighted by Gasteiger charge is -2.01. The van der Waals surface area contributed by atoms with E-state index < -0.39 is 14.4 Å². The van der Waals surface area contributed by atoms with E-state index in [4.69, 9.17) is 0 Å². The molecule has 0 aromatic carbocycles. The fourth-order valence-electron chi connectivity index (χ4n) is 0.711. The molecule has 6 heteroatoms. The number of imidazole rings is 1. The van der Waals surface area contributed by atoms with Crippen molar-refractivity contribution < 1.29 is 8.42 Å². The van der Waals surface area contributed by atoms with Gasteiger partial charge in [0.05, 0.1) is 6.33 Å². The van der Waals surface area contributed by atoms with Crippen LogP contribution in [-0.4, -0.2) is 22.6 Å². The highest BCUT2D eigenvalue weighted by atomic mass is 32.2. The van der Waals surface area contributed by atoms with E-state index in [2.05, 4.69) is 17.6 Å². The zero-order valence-corrected chi connectivity index (χ0v) is 8.51. The molecule has 0 saturated heterocycles. The van der Waals surface area contributed by atoms with Crippen LogP contribution in [0, 0.1) is 0 Å².